The van der Waals surface area contributed by atoms with E-state index in [9.17, 15) is 19.5 Å². The average Bonchev–Trinajstić information content (AvgIpc) is 3.52. The van der Waals surface area contributed by atoms with Crippen LogP contribution in [0.4, 0.5) is 0 Å². The van der Waals surface area contributed by atoms with E-state index >= 15 is 0 Å². The Kier molecular flexibility index (Phi) is 6.90. The highest BCUT2D eigenvalue weighted by molar-refractivity contribution is 7.99. The SMILES string of the molecule is CCn1c(COc2ccc(C3NC(C(=O)O)CS3)cc2)nc2c1c(=O)[nH]c(=O)n2Cc1ccc(C)cc1. The van der Waals surface area contributed by atoms with Gasteiger partial charge in [0.25, 0.3) is 5.56 Å². The first-order chi connectivity index (χ1) is 17.8. The minimum Gasteiger partial charge on any atom is -0.486 e. The van der Waals surface area contributed by atoms with Gasteiger partial charge < -0.3 is 14.4 Å². The summed E-state index contributed by atoms with van der Waals surface area (Å²) in [7, 11) is 0. The van der Waals surface area contributed by atoms with E-state index in [4.69, 9.17) is 4.74 Å². The fraction of sp³-hybridized carbons (Fsp3) is 0.308. The first kappa shape index (κ1) is 24.8. The fourth-order valence-electron chi connectivity index (χ4n) is 4.38. The van der Waals surface area contributed by atoms with Crippen LogP contribution in [-0.2, 0) is 24.5 Å². The maximum atomic E-state index is 12.7. The first-order valence-corrected chi connectivity index (χ1v) is 13.0. The second-order valence-electron chi connectivity index (χ2n) is 8.90. The molecule has 0 saturated carbocycles. The molecule has 1 aliphatic heterocycles. The number of carbonyl (C=O) groups is 1. The molecule has 2 aromatic carbocycles. The molecular weight excluding hydrogens is 494 g/mol. The van der Waals surface area contributed by atoms with Crippen LogP contribution in [0, 0.1) is 6.92 Å². The molecular formula is C26H27N5O5S. The van der Waals surface area contributed by atoms with Crippen LogP contribution in [0.1, 0.15) is 34.8 Å². The molecule has 3 heterocycles. The topological polar surface area (TPSA) is 131 Å². The number of thioether (sulfide) groups is 1. The Morgan fingerprint density at radius 1 is 1.14 bits per heavy atom. The number of rotatable bonds is 8. The van der Waals surface area contributed by atoms with E-state index in [-0.39, 0.29) is 18.5 Å². The van der Waals surface area contributed by atoms with Crippen molar-refractivity contribution < 1.29 is 14.6 Å². The molecule has 3 N–H and O–H groups in total. The van der Waals surface area contributed by atoms with Gasteiger partial charge in [-0.2, -0.15) is 0 Å². The molecule has 0 bridgehead atoms. The highest BCUT2D eigenvalue weighted by Crippen LogP contribution is 2.33. The number of nitrogens with zero attached hydrogens (tertiary/aromatic N) is 3. The fourth-order valence-corrected chi connectivity index (χ4v) is 5.62. The second kappa shape index (κ2) is 10.3. The standard InChI is InChI=1S/C26H27N5O5S/c1-3-30-20(13-36-18-10-8-17(9-11-18)24-27-19(14-37-24)25(33)34)28-22-21(30)23(32)29-26(35)31(22)12-16-6-4-15(2)5-7-16/h4-11,19,24,27H,3,12-14H2,1-2H3,(H,33,34)(H,29,32,35). The lowest BCUT2D eigenvalue weighted by Gasteiger charge is -2.12. The molecule has 2 aromatic heterocycles. The second-order valence-corrected chi connectivity index (χ2v) is 10.0. The molecule has 0 aliphatic carbocycles. The lowest BCUT2D eigenvalue weighted by molar-refractivity contribution is -0.138. The number of carboxylic acids is 1. The molecule has 4 aromatic rings. The van der Waals surface area contributed by atoms with Gasteiger partial charge in [-0.05, 0) is 37.1 Å². The predicted molar refractivity (Wildman–Crippen MR) is 141 cm³/mol. The molecule has 5 rings (SSSR count). The molecule has 0 spiro atoms. The molecule has 10 nitrogen and oxygen atoms in total. The van der Waals surface area contributed by atoms with Crippen LogP contribution < -0.4 is 21.3 Å². The number of hydrogen-bond acceptors (Lipinski definition) is 7. The number of H-pyrrole nitrogens is 1. The summed E-state index contributed by atoms with van der Waals surface area (Å²) in [6.07, 6.45) is 0. The Bertz CT molecular complexity index is 1560. The lowest BCUT2D eigenvalue weighted by atomic mass is 10.1. The average molecular weight is 522 g/mol. The number of hydrogen-bond donors (Lipinski definition) is 3. The summed E-state index contributed by atoms with van der Waals surface area (Å²) in [6.45, 7) is 4.78. The van der Waals surface area contributed by atoms with Crippen LogP contribution in [0.25, 0.3) is 11.2 Å². The molecule has 192 valence electrons. The third-order valence-electron chi connectivity index (χ3n) is 6.37. The number of carboxylic acid groups (broad SMARTS) is 1. The molecule has 1 aliphatic rings. The van der Waals surface area contributed by atoms with Crippen LogP contribution in [0.2, 0.25) is 0 Å². The number of nitrogens with one attached hydrogen (secondary N) is 2. The van der Waals surface area contributed by atoms with Gasteiger partial charge in [-0.1, -0.05) is 42.0 Å². The summed E-state index contributed by atoms with van der Waals surface area (Å²) in [5.74, 6) is 0.811. The number of ether oxygens (including phenoxy) is 1. The van der Waals surface area contributed by atoms with Gasteiger partial charge in [-0.25, -0.2) is 9.78 Å². The molecule has 1 fully saturated rings. The Balaban J connectivity index is 1.38. The van der Waals surface area contributed by atoms with Crippen LogP contribution in [-0.4, -0.2) is 42.0 Å². The smallest absolute Gasteiger partial charge is 0.330 e. The summed E-state index contributed by atoms with van der Waals surface area (Å²) in [5.41, 5.74) is 2.68. The maximum absolute atomic E-state index is 12.7. The molecule has 0 amide bonds. The van der Waals surface area contributed by atoms with Crippen molar-refractivity contribution in [2.75, 3.05) is 5.75 Å². The summed E-state index contributed by atoms with van der Waals surface area (Å²) < 4.78 is 9.22. The number of benzene rings is 2. The minimum atomic E-state index is -0.850. The van der Waals surface area contributed by atoms with Gasteiger partial charge >= 0.3 is 11.7 Å². The van der Waals surface area contributed by atoms with Gasteiger partial charge in [0.15, 0.2) is 11.2 Å². The Morgan fingerprint density at radius 3 is 2.51 bits per heavy atom. The Labute approximate surface area is 216 Å². The number of fused-ring (bicyclic) bond motifs is 1. The first-order valence-electron chi connectivity index (χ1n) is 11.9. The number of aromatic amines is 1. The highest BCUT2D eigenvalue weighted by Gasteiger charge is 2.30. The van der Waals surface area contributed by atoms with Crippen LogP contribution in [0.5, 0.6) is 5.75 Å². The zero-order valence-corrected chi connectivity index (χ0v) is 21.2. The maximum Gasteiger partial charge on any atom is 0.330 e. The molecule has 2 unspecified atom stereocenters. The Morgan fingerprint density at radius 2 is 1.86 bits per heavy atom. The normalized spacial score (nSPS) is 17.4. The van der Waals surface area contributed by atoms with Gasteiger partial charge in [-0.3, -0.25) is 24.5 Å². The number of aliphatic carboxylic acids is 1. The van der Waals surface area contributed by atoms with Crippen molar-refractivity contribution in [3.8, 4) is 5.75 Å². The summed E-state index contributed by atoms with van der Waals surface area (Å²) >= 11 is 1.55. The van der Waals surface area contributed by atoms with Crippen molar-refractivity contribution in [1.82, 2.24) is 24.4 Å². The van der Waals surface area contributed by atoms with E-state index < -0.39 is 23.3 Å². The summed E-state index contributed by atoms with van der Waals surface area (Å²) in [4.78, 5) is 43.7. The third-order valence-corrected chi connectivity index (χ3v) is 7.64. The third kappa shape index (κ3) is 5.05. The van der Waals surface area contributed by atoms with Gasteiger partial charge in [0.2, 0.25) is 0 Å². The zero-order chi connectivity index (χ0) is 26.1. The van der Waals surface area contributed by atoms with Crippen molar-refractivity contribution in [3.63, 3.8) is 0 Å². The monoisotopic (exact) mass is 521 g/mol. The van der Waals surface area contributed by atoms with Gasteiger partial charge in [0, 0.05) is 12.3 Å². The van der Waals surface area contributed by atoms with Gasteiger partial charge in [-0.15, -0.1) is 11.8 Å². The number of aromatic nitrogens is 4. The quantitative estimate of drug-likeness (QED) is 0.323. The minimum absolute atomic E-state index is 0.0866. The van der Waals surface area contributed by atoms with Gasteiger partial charge in [0.1, 0.15) is 24.2 Å². The molecule has 11 heteroatoms. The highest BCUT2D eigenvalue weighted by atomic mass is 32.2. The Hall–Kier alpha value is -3.83. The van der Waals surface area contributed by atoms with E-state index in [1.807, 2.05) is 62.4 Å². The van der Waals surface area contributed by atoms with Crippen molar-refractivity contribution >= 4 is 28.9 Å². The van der Waals surface area contributed by atoms with Crippen molar-refractivity contribution in [3.05, 3.63) is 91.9 Å². The van der Waals surface area contributed by atoms with E-state index in [0.717, 1.165) is 16.7 Å². The molecule has 2 atom stereocenters. The predicted octanol–water partition coefficient (Wildman–Crippen LogP) is 2.63. The summed E-state index contributed by atoms with van der Waals surface area (Å²) in [6, 6.07) is 14.7. The molecule has 37 heavy (non-hydrogen) atoms. The van der Waals surface area contributed by atoms with Gasteiger partial charge in [0.05, 0.1) is 11.9 Å². The molecule has 1 saturated heterocycles. The number of imidazole rings is 1. The van der Waals surface area contributed by atoms with E-state index in [0.29, 0.717) is 35.0 Å². The zero-order valence-electron chi connectivity index (χ0n) is 20.4. The van der Waals surface area contributed by atoms with Crippen molar-refractivity contribution in [2.24, 2.45) is 0 Å². The van der Waals surface area contributed by atoms with Crippen molar-refractivity contribution in [2.45, 2.75) is 45.0 Å². The van der Waals surface area contributed by atoms with Crippen LogP contribution in [0.15, 0.2) is 58.1 Å². The molecule has 0 radical (unpaired) electrons. The largest absolute Gasteiger partial charge is 0.486 e. The summed E-state index contributed by atoms with van der Waals surface area (Å²) in [5, 5.41) is 12.2. The van der Waals surface area contributed by atoms with E-state index in [1.54, 1.807) is 16.3 Å². The number of aryl methyl sites for hydroxylation is 2. The van der Waals surface area contributed by atoms with Crippen molar-refractivity contribution in [1.29, 1.82) is 0 Å². The van der Waals surface area contributed by atoms with Crippen LogP contribution >= 0.6 is 11.8 Å². The lowest BCUT2D eigenvalue weighted by Crippen LogP contribution is -2.33. The van der Waals surface area contributed by atoms with Crippen LogP contribution in [0.3, 0.4) is 0 Å². The van der Waals surface area contributed by atoms with E-state index in [2.05, 4.69) is 15.3 Å². The van der Waals surface area contributed by atoms with E-state index in [1.165, 1.54) is 4.57 Å².